The molecule has 1 amide bonds. The van der Waals surface area contributed by atoms with E-state index in [1.54, 1.807) is 6.92 Å². The molecule has 2 aromatic heterocycles. The van der Waals surface area contributed by atoms with Crippen molar-refractivity contribution in [1.82, 2.24) is 10.3 Å². The number of aryl methyl sites for hydroxylation is 1. The zero-order valence-electron chi connectivity index (χ0n) is 13.1. The van der Waals surface area contributed by atoms with Crippen LogP contribution in [-0.4, -0.2) is 41.2 Å². The molecule has 0 aliphatic heterocycles. The van der Waals surface area contributed by atoms with Gasteiger partial charge in [-0.15, -0.1) is 0 Å². The fourth-order valence-electron chi connectivity index (χ4n) is 2.05. The van der Waals surface area contributed by atoms with Gasteiger partial charge in [-0.2, -0.15) is 11.3 Å². The molecule has 124 valence electrons. The Morgan fingerprint density at radius 2 is 2.26 bits per heavy atom. The fourth-order valence-corrected chi connectivity index (χ4v) is 2.68. The maximum absolute atomic E-state index is 12.1. The van der Waals surface area contributed by atoms with Crippen molar-refractivity contribution >= 4 is 23.2 Å². The number of hydrogen-bond acceptors (Lipinski definition) is 6. The normalized spacial score (nSPS) is 13.5. The second kappa shape index (κ2) is 6.93. The second-order valence-electron chi connectivity index (χ2n) is 5.33. The van der Waals surface area contributed by atoms with E-state index in [0.717, 1.165) is 5.56 Å². The number of thiophene rings is 1. The Hall–Kier alpha value is -2.19. The number of aromatic nitrogens is 1. The number of carbonyl (C=O) groups is 2. The summed E-state index contributed by atoms with van der Waals surface area (Å²) in [4.78, 5) is 27.8. The van der Waals surface area contributed by atoms with Crippen LogP contribution in [0.3, 0.4) is 0 Å². The number of methoxy groups -OCH3 is 1. The molecule has 0 saturated heterocycles. The molecule has 2 aromatic rings. The van der Waals surface area contributed by atoms with E-state index >= 15 is 0 Å². The zero-order valence-corrected chi connectivity index (χ0v) is 13.9. The monoisotopic (exact) mass is 338 g/mol. The first-order valence-corrected chi connectivity index (χ1v) is 7.82. The highest BCUT2D eigenvalue weighted by Gasteiger charge is 2.35. The molecule has 0 bridgehead atoms. The minimum atomic E-state index is -1.49. The lowest BCUT2D eigenvalue weighted by Gasteiger charge is -2.25. The molecule has 2 heterocycles. The smallest absolute Gasteiger partial charge is 0.331 e. The van der Waals surface area contributed by atoms with Crippen molar-refractivity contribution in [3.05, 3.63) is 28.3 Å². The molecule has 0 aromatic carbocycles. The van der Waals surface area contributed by atoms with Crippen LogP contribution in [0.4, 0.5) is 0 Å². The Labute approximate surface area is 137 Å². The second-order valence-corrected chi connectivity index (χ2v) is 6.11. The highest BCUT2D eigenvalue weighted by atomic mass is 32.1. The summed E-state index contributed by atoms with van der Waals surface area (Å²) in [7, 11) is 1.38. The summed E-state index contributed by atoms with van der Waals surface area (Å²) in [6, 6.07) is 1.87. The lowest BCUT2D eigenvalue weighted by Crippen LogP contribution is -2.55. The molecule has 1 atom stereocenters. The average Bonchev–Trinajstić information content (AvgIpc) is 3.09. The zero-order chi connectivity index (χ0) is 17.0. The maximum Gasteiger partial charge on any atom is 0.331 e. The maximum atomic E-state index is 12.1. The predicted octanol–water partition coefficient (Wildman–Crippen LogP) is 1.86. The standard InChI is InChI=1S/C15H18N2O5S/c1-9-11(16-13(22-9)10-4-5-23-7-10)6-12(18)17-15(2,8-21-3)14(19)20/h4-5,7H,6,8H2,1-3H3,(H,17,18)(H,19,20). The number of carboxylic acids is 1. The van der Waals surface area contributed by atoms with Crippen molar-refractivity contribution in [1.29, 1.82) is 0 Å². The van der Waals surface area contributed by atoms with Crippen LogP contribution in [-0.2, 0) is 20.7 Å². The van der Waals surface area contributed by atoms with Gasteiger partial charge in [-0.25, -0.2) is 9.78 Å². The summed E-state index contributed by atoms with van der Waals surface area (Å²) in [5.74, 6) is -0.640. The molecule has 7 nitrogen and oxygen atoms in total. The van der Waals surface area contributed by atoms with Gasteiger partial charge in [-0.3, -0.25) is 4.79 Å². The largest absolute Gasteiger partial charge is 0.479 e. The van der Waals surface area contributed by atoms with Gasteiger partial charge in [-0.05, 0) is 25.3 Å². The number of carboxylic acid groups (broad SMARTS) is 1. The summed E-state index contributed by atoms with van der Waals surface area (Å²) in [5.41, 5.74) is -0.159. The highest BCUT2D eigenvalue weighted by Crippen LogP contribution is 2.24. The predicted molar refractivity (Wildman–Crippen MR) is 84.3 cm³/mol. The van der Waals surface area contributed by atoms with Crippen LogP contribution < -0.4 is 5.32 Å². The van der Waals surface area contributed by atoms with Crippen LogP contribution in [0.2, 0.25) is 0 Å². The van der Waals surface area contributed by atoms with Crippen molar-refractivity contribution in [3.63, 3.8) is 0 Å². The molecular weight excluding hydrogens is 320 g/mol. The van der Waals surface area contributed by atoms with Gasteiger partial charge in [0.25, 0.3) is 0 Å². The van der Waals surface area contributed by atoms with E-state index in [9.17, 15) is 14.7 Å². The Morgan fingerprint density at radius 3 is 2.83 bits per heavy atom. The number of aliphatic carboxylic acids is 1. The van der Waals surface area contributed by atoms with Gasteiger partial charge in [0, 0.05) is 18.1 Å². The van der Waals surface area contributed by atoms with Crippen LogP contribution in [0.1, 0.15) is 18.4 Å². The van der Waals surface area contributed by atoms with Crippen LogP contribution >= 0.6 is 11.3 Å². The lowest BCUT2D eigenvalue weighted by molar-refractivity contribution is -0.149. The topological polar surface area (TPSA) is 102 Å². The van der Waals surface area contributed by atoms with Gasteiger partial charge in [0.2, 0.25) is 11.8 Å². The molecule has 0 saturated carbocycles. The molecule has 8 heteroatoms. The summed E-state index contributed by atoms with van der Waals surface area (Å²) in [6.45, 7) is 2.98. The van der Waals surface area contributed by atoms with E-state index in [0.29, 0.717) is 17.3 Å². The third-order valence-electron chi connectivity index (χ3n) is 3.31. The van der Waals surface area contributed by atoms with Gasteiger partial charge in [0.15, 0.2) is 5.54 Å². The van der Waals surface area contributed by atoms with Crippen LogP contribution in [0, 0.1) is 6.92 Å². The third-order valence-corrected chi connectivity index (χ3v) is 3.99. The molecule has 0 fully saturated rings. The Morgan fingerprint density at radius 1 is 1.52 bits per heavy atom. The number of nitrogens with zero attached hydrogens (tertiary/aromatic N) is 1. The SMILES string of the molecule is COCC(C)(NC(=O)Cc1nc(-c2ccsc2)oc1C)C(=O)O. The molecule has 1 unspecified atom stereocenters. The first-order valence-electron chi connectivity index (χ1n) is 6.88. The fraction of sp³-hybridized carbons (Fsp3) is 0.400. The minimum Gasteiger partial charge on any atom is -0.479 e. The number of oxazole rings is 1. The number of amides is 1. The minimum absolute atomic E-state index is 0.0634. The van der Waals surface area contributed by atoms with Gasteiger partial charge in [0.1, 0.15) is 5.76 Å². The van der Waals surface area contributed by atoms with Crippen molar-refractivity contribution in [2.45, 2.75) is 25.8 Å². The lowest BCUT2D eigenvalue weighted by atomic mass is 10.0. The summed E-state index contributed by atoms with van der Waals surface area (Å²) in [5, 5.41) is 15.5. The molecule has 2 rings (SSSR count). The quantitative estimate of drug-likeness (QED) is 0.799. The van der Waals surface area contributed by atoms with Crippen LogP contribution in [0.25, 0.3) is 11.5 Å². The van der Waals surface area contributed by atoms with E-state index in [1.165, 1.54) is 25.4 Å². The van der Waals surface area contributed by atoms with E-state index in [-0.39, 0.29) is 13.0 Å². The first-order chi connectivity index (χ1) is 10.9. The molecule has 2 N–H and O–H groups in total. The van der Waals surface area contributed by atoms with E-state index in [1.807, 2.05) is 16.8 Å². The highest BCUT2D eigenvalue weighted by molar-refractivity contribution is 7.08. The van der Waals surface area contributed by atoms with Crippen LogP contribution in [0.15, 0.2) is 21.2 Å². The molecule has 0 radical (unpaired) electrons. The first kappa shape index (κ1) is 17.2. The summed E-state index contributed by atoms with van der Waals surface area (Å²) >= 11 is 1.52. The van der Waals surface area contributed by atoms with Crippen LogP contribution in [0.5, 0.6) is 0 Å². The van der Waals surface area contributed by atoms with Gasteiger partial charge >= 0.3 is 5.97 Å². The Kier molecular flexibility index (Phi) is 5.17. The molecular formula is C15H18N2O5S. The van der Waals surface area contributed by atoms with Crippen molar-refractivity contribution in [2.24, 2.45) is 0 Å². The summed E-state index contributed by atoms with van der Waals surface area (Å²) in [6.07, 6.45) is -0.0634. The molecule has 0 spiro atoms. The number of nitrogens with one attached hydrogen (secondary N) is 1. The third kappa shape index (κ3) is 3.96. The van der Waals surface area contributed by atoms with Gasteiger partial charge in [0.05, 0.1) is 18.7 Å². The Bertz CT molecular complexity index is 695. The van der Waals surface area contributed by atoms with Crippen molar-refractivity contribution < 1.29 is 23.8 Å². The summed E-state index contributed by atoms with van der Waals surface area (Å²) < 4.78 is 10.4. The molecule has 0 aliphatic carbocycles. The molecule has 0 aliphatic rings. The van der Waals surface area contributed by atoms with E-state index in [4.69, 9.17) is 9.15 Å². The van der Waals surface area contributed by atoms with Crippen molar-refractivity contribution in [2.75, 3.05) is 13.7 Å². The van der Waals surface area contributed by atoms with Crippen molar-refractivity contribution in [3.8, 4) is 11.5 Å². The van der Waals surface area contributed by atoms with Gasteiger partial charge < -0.3 is 19.6 Å². The number of ether oxygens (including phenoxy) is 1. The van der Waals surface area contributed by atoms with Gasteiger partial charge in [-0.1, -0.05) is 0 Å². The van der Waals surface area contributed by atoms with E-state index < -0.39 is 17.4 Å². The average molecular weight is 338 g/mol. The van der Waals surface area contributed by atoms with E-state index in [2.05, 4.69) is 10.3 Å². The molecule has 23 heavy (non-hydrogen) atoms. The Balaban J connectivity index is 2.10. The number of rotatable bonds is 7. The number of carbonyl (C=O) groups excluding carboxylic acids is 1. The number of hydrogen-bond donors (Lipinski definition) is 2.